The van der Waals surface area contributed by atoms with Gasteiger partial charge in [-0.3, -0.25) is 9.59 Å². The highest BCUT2D eigenvalue weighted by Crippen LogP contribution is 2.23. The highest BCUT2D eigenvalue weighted by molar-refractivity contribution is 6.06. The average molecular weight is 298 g/mol. The summed E-state index contributed by atoms with van der Waals surface area (Å²) in [7, 11) is 1.52. The van der Waals surface area contributed by atoms with Crippen molar-refractivity contribution in [1.82, 2.24) is 0 Å². The molecule has 0 aliphatic carbocycles. The normalized spacial score (nSPS) is 9.95. The Balaban J connectivity index is 2.23. The van der Waals surface area contributed by atoms with E-state index in [1.54, 1.807) is 36.4 Å². The van der Waals surface area contributed by atoms with Crippen LogP contribution in [0, 0.1) is 6.92 Å². The number of hydrogen-bond donors (Lipinski definition) is 2. The average Bonchev–Trinajstić information content (AvgIpc) is 2.50. The first-order chi connectivity index (χ1) is 10.5. The molecule has 2 N–H and O–H groups in total. The van der Waals surface area contributed by atoms with E-state index in [-0.39, 0.29) is 11.8 Å². The van der Waals surface area contributed by atoms with Crippen molar-refractivity contribution in [3.63, 3.8) is 0 Å². The molecule has 0 unspecified atom stereocenters. The number of ether oxygens (including phenoxy) is 1. The monoisotopic (exact) mass is 298 g/mol. The van der Waals surface area contributed by atoms with E-state index in [1.807, 2.05) is 13.0 Å². The molecule has 0 spiro atoms. The Kier molecular flexibility index (Phi) is 4.78. The second-order valence-corrected chi connectivity index (χ2v) is 4.87. The number of nitrogens with one attached hydrogen (secondary N) is 2. The number of hydrogen-bond acceptors (Lipinski definition) is 3. The molecule has 0 fully saturated rings. The zero-order valence-electron chi connectivity index (χ0n) is 12.8. The highest BCUT2D eigenvalue weighted by Gasteiger charge is 2.12. The van der Waals surface area contributed by atoms with Crippen molar-refractivity contribution in [2.24, 2.45) is 0 Å². The summed E-state index contributed by atoms with van der Waals surface area (Å²) in [6, 6.07) is 12.3. The first-order valence-electron chi connectivity index (χ1n) is 6.84. The summed E-state index contributed by atoms with van der Waals surface area (Å²) in [6.07, 6.45) is 0. The summed E-state index contributed by atoms with van der Waals surface area (Å²) < 4.78 is 5.18. The number of carbonyl (C=O) groups is 2. The fourth-order valence-corrected chi connectivity index (χ4v) is 2.05. The lowest BCUT2D eigenvalue weighted by Crippen LogP contribution is -2.14. The van der Waals surface area contributed by atoms with Gasteiger partial charge < -0.3 is 15.4 Å². The highest BCUT2D eigenvalue weighted by atomic mass is 16.5. The van der Waals surface area contributed by atoms with Crippen molar-refractivity contribution in [2.75, 3.05) is 17.7 Å². The summed E-state index contributed by atoms with van der Waals surface area (Å²) in [5, 5.41) is 5.54. The predicted octanol–water partition coefficient (Wildman–Crippen LogP) is 3.21. The van der Waals surface area contributed by atoms with Crippen LogP contribution >= 0.6 is 0 Å². The lowest BCUT2D eigenvalue weighted by Gasteiger charge is -2.12. The van der Waals surface area contributed by atoms with Crippen LogP contribution in [0.5, 0.6) is 5.75 Å². The van der Waals surface area contributed by atoms with Crippen LogP contribution < -0.4 is 15.4 Å². The molecule has 2 aromatic carbocycles. The van der Waals surface area contributed by atoms with Crippen molar-refractivity contribution < 1.29 is 14.3 Å². The zero-order chi connectivity index (χ0) is 16.1. The van der Waals surface area contributed by atoms with E-state index in [2.05, 4.69) is 10.6 Å². The standard InChI is InChI=1S/C17H18N2O3/c1-11-8-9-13(10-15(11)18-12(2)20)19-17(21)14-6-4-5-7-16(14)22-3/h4-10H,1-3H3,(H,18,20)(H,19,21). The minimum absolute atomic E-state index is 0.156. The van der Waals surface area contributed by atoms with E-state index >= 15 is 0 Å². The Morgan fingerprint density at radius 3 is 2.45 bits per heavy atom. The molecule has 0 aliphatic heterocycles. The molecule has 0 aliphatic rings. The fraction of sp³-hybridized carbons (Fsp3) is 0.176. The van der Waals surface area contributed by atoms with E-state index in [1.165, 1.54) is 14.0 Å². The third-order valence-corrected chi connectivity index (χ3v) is 3.16. The number of amides is 2. The molecule has 0 heterocycles. The first-order valence-corrected chi connectivity index (χ1v) is 6.84. The topological polar surface area (TPSA) is 67.4 Å². The van der Waals surface area contributed by atoms with Gasteiger partial charge in [0.1, 0.15) is 5.75 Å². The number of benzene rings is 2. The van der Waals surface area contributed by atoms with Crippen molar-refractivity contribution in [3.05, 3.63) is 53.6 Å². The number of rotatable bonds is 4. The van der Waals surface area contributed by atoms with Crippen LogP contribution in [0.3, 0.4) is 0 Å². The van der Waals surface area contributed by atoms with Crippen LogP contribution in [0.2, 0.25) is 0 Å². The molecule has 2 amide bonds. The molecule has 0 saturated carbocycles. The Morgan fingerprint density at radius 2 is 1.77 bits per heavy atom. The quantitative estimate of drug-likeness (QED) is 0.910. The molecular formula is C17H18N2O3. The number of para-hydroxylation sites is 1. The second kappa shape index (κ2) is 6.76. The van der Waals surface area contributed by atoms with Crippen LogP contribution in [0.15, 0.2) is 42.5 Å². The molecule has 0 aromatic heterocycles. The molecule has 0 saturated heterocycles. The van der Waals surface area contributed by atoms with Gasteiger partial charge in [0.2, 0.25) is 5.91 Å². The Labute approximate surface area is 129 Å². The number of aryl methyl sites for hydroxylation is 1. The van der Waals surface area contributed by atoms with Crippen LogP contribution in [-0.4, -0.2) is 18.9 Å². The molecule has 0 radical (unpaired) electrons. The maximum Gasteiger partial charge on any atom is 0.259 e. The second-order valence-electron chi connectivity index (χ2n) is 4.87. The largest absolute Gasteiger partial charge is 0.496 e. The lowest BCUT2D eigenvalue weighted by atomic mass is 10.1. The summed E-state index contributed by atoms with van der Waals surface area (Å²) in [5.41, 5.74) is 2.65. The van der Waals surface area contributed by atoms with Gasteiger partial charge in [-0.1, -0.05) is 18.2 Å². The van der Waals surface area contributed by atoms with Crippen LogP contribution in [0.25, 0.3) is 0 Å². The third kappa shape index (κ3) is 3.63. The van der Waals surface area contributed by atoms with E-state index < -0.39 is 0 Å². The van der Waals surface area contributed by atoms with Crippen LogP contribution in [0.1, 0.15) is 22.8 Å². The van der Waals surface area contributed by atoms with E-state index in [0.29, 0.717) is 22.7 Å². The molecule has 0 atom stereocenters. The van der Waals surface area contributed by atoms with Crippen molar-refractivity contribution in [1.29, 1.82) is 0 Å². The van der Waals surface area contributed by atoms with Gasteiger partial charge in [0.05, 0.1) is 12.7 Å². The van der Waals surface area contributed by atoms with Gasteiger partial charge >= 0.3 is 0 Å². The van der Waals surface area contributed by atoms with Crippen LogP contribution in [-0.2, 0) is 4.79 Å². The smallest absolute Gasteiger partial charge is 0.259 e. The molecule has 5 nitrogen and oxygen atoms in total. The zero-order valence-corrected chi connectivity index (χ0v) is 12.8. The van der Waals surface area contributed by atoms with E-state index in [4.69, 9.17) is 4.74 Å². The molecule has 114 valence electrons. The number of methoxy groups -OCH3 is 1. The van der Waals surface area contributed by atoms with Gasteiger partial charge in [-0.2, -0.15) is 0 Å². The van der Waals surface area contributed by atoms with Crippen molar-refractivity contribution in [3.8, 4) is 5.75 Å². The number of carbonyl (C=O) groups excluding carboxylic acids is 2. The minimum Gasteiger partial charge on any atom is -0.496 e. The van der Waals surface area contributed by atoms with Gasteiger partial charge in [0.15, 0.2) is 0 Å². The predicted molar refractivity (Wildman–Crippen MR) is 86.4 cm³/mol. The Bertz CT molecular complexity index is 711. The van der Waals surface area contributed by atoms with Crippen molar-refractivity contribution >= 4 is 23.2 Å². The summed E-state index contributed by atoms with van der Waals surface area (Å²) >= 11 is 0. The SMILES string of the molecule is COc1ccccc1C(=O)Nc1ccc(C)c(NC(C)=O)c1. The van der Waals surface area contributed by atoms with Crippen LogP contribution in [0.4, 0.5) is 11.4 Å². The van der Waals surface area contributed by atoms with E-state index in [9.17, 15) is 9.59 Å². The summed E-state index contributed by atoms with van der Waals surface area (Å²) in [6.45, 7) is 3.33. The fourth-order valence-electron chi connectivity index (χ4n) is 2.05. The molecular weight excluding hydrogens is 280 g/mol. The van der Waals surface area contributed by atoms with Gasteiger partial charge in [-0.05, 0) is 36.8 Å². The van der Waals surface area contributed by atoms with Gasteiger partial charge in [0.25, 0.3) is 5.91 Å². The molecule has 0 bridgehead atoms. The summed E-state index contributed by atoms with van der Waals surface area (Å²) in [5.74, 6) is 0.0839. The molecule has 2 rings (SSSR count). The number of anilines is 2. The molecule has 22 heavy (non-hydrogen) atoms. The van der Waals surface area contributed by atoms with E-state index in [0.717, 1.165) is 5.56 Å². The van der Waals surface area contributed by atoms with Gasteiger partial charge in [-0.15, -0.1) is 0 Å². The maximum atomic E-state index is 12.3. The molecule has 5 heteroatoms. The van der Waals surface area contributed by atoms with Gasteiger partial charge in [0, 0.05) is 18.3 Å². The first kappa shape index (κ1) is 15.6. The third-order valence-electron chi connectivity index (χ3n) is 3.16. The Morgan fingerprint density at radius 1 is 1.05 bits per heavy atom. The maximum absolute atomic E-state index is 12.3. The molecule has 2 aromatic rings. The van der Waals surface area contributed by atoms with Gasteiger partial charge in [-0.25, -0.2) is 0 Å². The summed E-state index contributed by atoms with van der Waals surface area (Å²) in [4.78, 5) is 23.5. The van der Waals surface area contributed by atoms with Crippen molar-refractivity contribution in [2.45, 2.75) is 13.8 Å². The minimum atomic E-state index is -0.268. The lowest BCUT2D eigenvalue weighted by molar-refractivity contribution is -0.114. The Hall–Kier alpha value is -2.82.